The molecule has 0 amide bonds. The molecule has 0 saturated heterocycles. The third kappa shape index (κ3) is 3.56. The molecule has 0 radical (unpaired) electrons. The molecule has 0 bridgehead atoms. The van der Waals surface area contributed by atoms with Crippen LogP contribution in [0, 0.1) is 13.8 Å². The van der Waals surface area contributed by atoms with Crippen molar-refractivity contribution >= 4 is 11.6 Å². The number of rotatable bonds is 2. The number of nitrogens with one attached hydrogen (secondary N) is 1. The molecule has 2 aliphatic heterocycles. The number of hydrogen-bond donors (Lipinski definition) is 1. The van der Waals surface area contributed by atoms with Crippen LogP contribution in [0.5, 0.6) is 5.75 Å². The second-order valence-electron chi connectivity index (χ2n) is 8.87. The van der Waals surface area contributed by atoms with Crippen molar-refractivity contribution in [3.63, 3.8) is 0 Å². The van der Waals surface area contributed by atoms with E-state index in [1.54, 1.807) is 0 Å². The van der Waals surface area contributed by atoms with Crippen molar-refractivity contribution in [2.45, 2.75) is 32.2 Å². The molecule has 5 nitrogen and oxygen atoms in total. The summed E-state index contributed by atoms with van der Waals surface area (Å²) in [5.74, 6) is -0.491. The largest absolute Gasteiger partial charge is 0.480 e. The van der Waals surface area contributed by atoms with Crippen LogP contribution >= 0.6 is 0 Å². The molecule has 0 spiro atoms. The van der Waals surface area contributed by atoms with Crippen molar-refractivity contribution in [2.24, 2.45) is 0 Å². The van der Waals surface area contributed by atoms with Gasteiger partial charge in [-0.1, -0.05) is 71.8 Å². The van der Waals surface area contributed by atoms with E-state index in [-0.39, 0.29) is 5.95 Å². The molecule has 3 heterocycles. The Labute approximate surface area is 199 Å². The Balaban J connectivity index is 1.63. The zero-order valence-corrected chi connectivity index (χ0v) is 19.0. The van der Waals surface area contributed by atoms with Crippen molar-refractivity contribution in [3.8, 4) is 5.75 Å². The quantitative estimate of drug-likeness (QED) is 0.362. The van der Waals surface area contributed by atoms with E-state index in [0.29, 0.717) is 11.4 Å². The molecule has 0 fully saturated rings. The molecule has 1 N–H and O–H groups in total. The number of fused-ring (bicyclic) bond motifs is 3. The fourth-order valence-electron chi connectivity index (χ4n) is 4.68. The Hall–Kier alpha value is -4.07. The standard InChI is InChI=1S/C27H21F3N4O/c1-15-7-11-17(12-8-15)23-21-22(31-26-32-25(27(28,29)30)33-34(23)26)19-5-3-4-6-20(19)35-24(21)18-13-9-16(2)10-14-18/h3-14,23-24H,1-2H3,(H,31,32,33)/t23-,24+/m0/s1. The highest BCUT2D eigenvalue weighted by Gasteiger charge is 2.44. The molecule has 0 saturated carbocycles. The van der Waals surface area contributed by atoms with Gasteiger partial charge in [0.1, 0.15) is 17.9 Å². The molecule has 6 rings (SSSR count). The highest BCUT2D eigenvalue weighted by molar-refractivity contribution is 5.85. The van der Waals surface area contributed by atoms with Gasteiger partial charge in [-0.2, -0.15) is 18.2 Å². The number of para-hydroxylation sites is 1. The van der Waals surface area contributed by atoms with E-state index in [2.05, 4.69) is 15.4 Å². The van der Waals surface area contributed by atoms with Crippen LogP contribution in [0.2, 0.25) is 0 Å². The number of ether oxygens (including phenoxy) is 1. The maximum Gasteiger partial charge on any atom is 0.453 e. The van der Waals surface area contributed by atoms with Gasteiger partial charge < -0.3 is 10.1 Å². The maximum absolute atomic E-state index is 13.6. The second-order valence-corrected chi connectivity index (χ2v) is 8.87. The van der Waals surface area contributed by atoms with Crippen molar-refractivity contribution in [2.75, 3.05) is 5.32 Å². The van der Waals surface area contributed by atoms with Gasteiger partial charge in [0.15, 0.2) is 0 Å². The lowest BCUT2D eigenvalue weighted by molar-refractivity contribution is -0.145. The Bertz CT molecular complexity index is 1450. The summed E-state index contributed by atoms with van der Waals surface area (Å²) in [6.07, 6.45) is -5.21. The minimum absolute atomic E-state index is 0.0426. The van der Waals surface area contributed by atoms with Gasteiger partial charge in [0, 0.05) is 11.1 Å². The molecule has 0 unspecified atom stereocenters. The zero-order valence-electron chi connectivity index (χ0n) is 19.0. The Kier molecular flexibility index (Phi) is 4.74. The first-order chi connectivity index (χ1) is 16.8. The van der Waals surface area contributed by atoms with Crippen molar-refractivity contribution in [1.82, 2.24) is 14.8 Å². The number of nitrogens with zero attached hydrogens (tertiary/aromatic N) is 3. The molecule has 3 aromatic carbocycles. The molecule has 35 heavy (non-hydrogen) atoms. The Morgan fingerprint density at radius 2 is 1.49 bits per heavy atom. The molecule has 2 aliphatic rings. The normalized spacial score (nSPS) is 18.8. The predicted octanol–water partition coefficient (Wildman–Crippen LogP) is 6.47. The number of halogens is 3. The van der Waals surface area contributed by atoms with Gasteiger partial charge in [-0.3, -0.25) is 0 Å². The summed E-state index contributed by atoms with van der Waals surface area (Å²) in [5, 5.41) is 7.08. The second kappa shape index (κ2) is 7.73. The number of hydrogen-bond acceptors (Lipinski definition) is 4. The van der Waals surface area contributed by atoms with Crippen LogP contribution in [0.25, 0.3) is 5.70 Å². The highest BCUT2D eigenvalue weighted by atomic mass is 19.4. The number of anilines is 1. The van der Waals surface area contributed by atoms with Crippen molar-refractivity contribution in [3.05, 3.63) is 112 Å². The van der Waals surface area contributed by atoms with Crippen LogP contribution in [0.4, 0.5) is 19.1 Å². The van der Waals surface area contributed by atoms with Crippen LogP contribution in [-0.4, -0.2) is 14.8 Å². The van der Waals surface area contributed by atoms with Crippen LogP contribution < -0.4 is 10.1 Å². The number of benzene rings is 3. The van der Waals surface area contributed by atoms with Crippen LogP contribution in [0.3, 0.4) is 0 Å². The fourth-order valence-corrected chi connectivity index (χ4v) is 4.68. The average molecular weight is 474 g/mol. The van der Waals surface area contributed by atoms with Gasteiger partial charge in [0.2, 0.25) is 5.95 Å². The molecule has 0 aliphatic carbocycles. The van der Waals surface area contributed by atoms with E-state index < -0.39 is 24.1 Å². The molecular weight excluding hydrogens is 453 g/mol. The summed E-state index contributed by atoms with van der Waals surface area (Å²) >= 11 is 0. The molecule has 8 heteroatoms. The monoisotopic (exact) mass is 474 g/mol. The molecule has 4 aromatic rings. The third-order valence-electron chi connectivity index (χ3n) is 6.41. The first-order valence-electron chi connectivity index (χ1n) is 11.2. The van der Waals surface area contributed by atoms with E-state index >= 15 is 0 Å². The van der Waals surface area contributed by atoms with Gasteiger partial charge in [-0.05, 0) is 37.1 Å². The number of alkyl halides is 3. The number of aryl methyl sites for hydroxylation is 2. The molecule has 1 aromatic heterocycles. The SMILES string of the molecule is Cc1ccc([C@H]2C3=C(Nc4nc(C(F)(F)F)nn42)c2ccccc2O[C@@H]3c2ccc(C)cc2)cc1. The average Bonchev–Trinajstić information content (AvgIpc) is 3.28. The molecular formula is C27H21F3N4O. The lowest BCUT2D eigenvalue weighted by Crippen LogP contribution is -2.32. The van der Waals surface area contributed by atoms with Gasteiger partial charge in [-0.25, -0.2) is 4.68 Å². The highest BCUT2D eigenvalue weighted by Crippen LogP contribution is 2.51. The maximum atomic E-state index is 13.6. The van der Waals surface area contributed by atoms with Crippen LogP contribution in [0.1, 0.15) is 45.8 Å². The fraction of sp³-hybridized carbons (Fsp3) is 0.185. The van der Waals surface area contributed by atoms with Crippen LogP contribution in [0.15, 0.2) is 78.4 Å². The topological polar surface area (TPSA) is 52.0 Å². The van der Waals surface area contributed by atoms with Crippen molar-refractivity contribution in [1.29, 1.82) is 0 Å². The molecule has 2 atom stereocenters. The zero-order chi connectivity index (χ0) is 24.3. The first-order valence-corrected chi connectivity index (χ1v) is 11.2. The summed E-state index contributed by atoms with van der Waals surface area (Å²) in [5.41, 5.74) is 6.09. The van der Waals surface area contributed by atoms with Gasteiger partial charge in [0.25, 0.3) is 5.82 Å². The van der Waals surface area contributed by atoms with E-state index in [4.69, 9.17) is 4.74 Å². The van der Waals surface area contributed by atoms with Gasteiger partial charge in [-0.15, -0.1) is 5.10 Å². The lowest BCUT2D eigenvalue weighted by Gasteiger charge is -2.39. The van der Waals surface area contributed by atoms with Gasteiger partial charge >= 0.3 is 6.18 Å². The number of aromatic nitrogens is 3. The predicted molar refractivity (Wildman–Crippen MR) is 126 cm³/mol. The minimum Gasteiger partial charge on any atom is -0.480 e. The summed E-state index contributed by atoms with van der Waals surface area (Å²) in [6, 6.07) is 22.6. The van der Waals surface area contributed by atoms with E-state index in [0.717, 1.165) is 33.4 Å². The summed E-state index contributed by atoms with van der Waals surface area (Å²) in [4.78, 5) is 3.83. The Morgan fingerprint density at radius 3 is 2.14 bits per heavy atom. The summed E-state index contributed by atoms with van der Waals surface area (Å²) in [7, 11) is 0. The summed E-state index contributed by atoms with van der Waals surface area (Å²) < 4.78 is 48.8. The smallest absolute Gasteiger partial charge is 0.453 e. The van der Waals surface area contributed by atoms with Crippen LogP contribution in [-0.2, 0) is 6.18 Å². The first kappa shape index (κ1) is 21.5. The molecule has 176 valence electrons. The lowest BCUT2D eigenvalue weighted by atomic mass is 9.84. The van der Waals surface area contributed by atoms with E-state index in [1.807, 2.05) is 86.6 Å². The minimum atomic E-state index is -4.67. The van der Waals surface area contributed by atoms with E-state index in [9.17, 15) is 13.2 Å². The summed E-state index contributed by atoms with van der Waals surface area (Å²) in [6.45, 7) is 3.97. The van der Waals surface area contributed by atoms with E-state index in [1.165, 1.54) is 4.68 Å². The van der Waals surface area contributed by atoms with Crippen molar-refractivity contribution < 1.29 is 17.9 Å². The Morgan fingerprint density at radius 1 is 0.857 bits per heavy atom. The van der Waals surface area contributed by atoms with Gasteiger partial charge in [0.05, 0.1) is 5.70 Å². The third-order valence-corrected chi connectivity index (χ3v) is 6.41.